The highest BCUT2D eigenvalue weighted by Gasteiger charge is 2.35. The number of ether oxygens (including phenoxy) is 1. The number of alkyl halides is 3. The summed E-state index contributed by atoms with van der Waals surface area (Å²) in [5.74, 6) is -1.51. The molecule has 1 aromatic carbocycles. The molecule has 1 N–H and O–H groups in total. The van der Waals surface area contributed by atoms with Gasteiger partial charge in [0, 0.05) is 19.6 Å². The Labute approximate surface area is 150 Å². The Hall–Kier alpha value is -1.23. The van der Waals surface area contributed by atoms with Crippen LogP contribution in [0.2, 0.25) is 0 Å². The van der Waals surface area contributed by atoms with Crippen molar-refractivity contribution in [2.24, 2.45) is 0 Å². The van der Waals surface area contributed by atoms with Gasteiger partial charge in [-0.2, -0.15) is 13.2 Å². The van der Waals surface area contributed by atoms with Crippen LogP contribution in [-0.4, -0.2) is 51.7 Å². The van der Waals surface area contributed by atoms with E-state index in [2.05, 4.69) is 9.62 Å². The zero-order valence-corrected chi connectivity index (χ0v) is 15.3. The van der Waals surface area contributed by atoms with Crippen LogP contribution in [-0.2, 0) is 20.9 Å². The molecular weight excluding hydrogens is 376 g/mol. The van der Waals surface area contributed by atoms with Gasteiger partial charge in [0.15, 0.2) is 0 Å². The van der Waals surface area contributed by atoms with Crippen LogP contribution in [0.3, 0.4) is 0 Å². The number of hydrogen-bond acceptors (Lipinski definition) is 4. The second kappa shape index (κ2) is 8.20. The number of sulfonamides is 1. The fraction of sp³-hybridized carbons (Fsp3) is 0.625. The highest BCUT2D eigenvalue weighted by Crippen LogP contribution is 2.32. The summed E-state index contributed by atoms with van der Waals surface area (Å²) in [4.78, 5) is 1.53. The highest BCUT2D eigenvalue weighted by molar-refractivity contribution is 7.89. The summed E-state index contributed by atoms with van der Waals surface area (Å²) in [6.45, 7) is 6.10. The number of nitrogens with one attached hydrogen (secondary N) is 1. The van der Waals surface area contributed by atoms with Crippen molar-refractivity contribution < 1.29 is 30.7 Å². The lowest BCUT2D eigenvalue weighted by molar-refractivity contribution is -0.140. The van der Waals surface area contributed by atoms with Crippen molar-refractivity contribution in [3.8, 4) is 0 Å². The van der Waals surface area contributed by atoms with Crippen LogP contribution in [0.15, 0.2) is 23.1 Å². The van der Waals surface area contributed by atoms with Gasteiger partial charge >= 0.3 is 6.18 Å². The Balaban J connectivity index is 1.93. The van der Waals surface area contributed by atoms with E-state index in [0.717, 1.165) is 19.2 Å². The van der Waals surface area contributed by atoms with Crippen molar-refractivity contribution in [3.63, 3.8) is 0 Å². The maximum atomic E-state index is 13.3. The third-order valence-corrected chi connectivity index (χ3v) is 5.45. The molecule has 0 aromatic heterocycles. The molecule has 1 heterocycles. The molecule has 0 bridgehead atoms. The van der Waals surface area contributed by atoms with Crippen molar-refractivity contribution in [3.05, 3.63) is 29.6 Å². The second-order valence-electron chi connectivity index (χ2n) is 6.41. The summed E-state index contributed by atoms with van der Waals surface area (Å²) in [5, 5.41) is 0. The van der Waals surface area contributed by atoms with Crippen LogP contribution >= 0.6 is 0 Å². The maximum Gasteiger partial charge on any atom is 0.419 e. The Bertz CT molecular complexity index is 715. The minimum atomic E-state index is -4.96. The predicted octanol–water partition coefficient (Wildman–Crippen LogP) is 2.62. The molecule has 1 aliphatic rings. The molecule has 1 aliphatic heterocycles. The smallest absolute Gasteiger partial charge is 0.373 e. The van der Waals surface area contributed by atoms with Gasteiger partial charge in [-0.3, -0.25) is 4.90 Å². The van der Waals surface area contributed by atoms with Crippen LogP contribution in [0.5, 0.6) is 0 Å². The van der Waals surface area contributed by atoms with Gasteiger partial charge in [0.1, 0.15) is 5.82 Å². The molecule has 1 saturated heterocycles. The largest absolute Gasteiger partial charge is 0.419 e. The molecule has 0 aliphatic carbocycles. The van der Waals surface area contributed by atoms with E-state index in [1.54, 1.807) is 0 Å². The fourth-order valence-corrected chi connectivity index (χ4v) is 4.05. The third kappa shape index (κ3) is 5.63. The van der Waals surface area contributed by atoms with Crippen LogP contribution in [0.1, 0.15) is 25.8 Å². The van der Waals surface area contributed by atoms with E-state index in [1.165, 1.54) is 0 Å². The Morgan fingerprint density at radius 1 is 1.23 bits per heavy atom. The summed E-state index contributed by atoms with van der Waals surface area (Å²) >= 11 is 0. The number of benzene rings is 1. The molecule has 2 unspecified atom stereocenters. The second-order valence-corrected chi connectivity index (χ2v) is 8.17. The van der Waals surface area contributed by atoms with Crippen molar-refractivity contribution >= 4 is 10.0 Å². The van der Waals surface area contributed by atoms with Crippen LogP contribution in [0.4, 0.5) is 17.6 Å². The topological polar surface area (TPSA) is 58.6 Å². The van der Waals surface area contributed by atoms with Gasteiger partial charge in [-0.25, -0.2) is 17.5 Å². The first-order chi connectivity index (χ1) is 12.0. The standard InChI is InChI=1S/C16H22F4N2O3S/c1-11-9-22(10-12(2)25-11)7-3-6-21-26(23,24)13-4-5-15(17)14(8-13)16(18,19)20/h4-5,8,11-12,21H,3,6-7,9-10H2,1-2H3. The van der Waals surface area contributed by atoms with Gasteiger partial charge in [-0.1, -0.05) is 0 Å². The van der Waals surface area contributed by atoms with E-state index in [4.69, 9.17) is 4.74 Å². The molecule has 1 aromatic rings. The third-order valence-electron chi connectivity index (χ3n) is 3.99. The predicted molar refractivity (Wildman–Crippen MR) is 87.7 cm³/mol. The van der Waals surface area contributed by atoms with Crippen molar-refractivity contribution in [1.29, 1.82) is 0 Å². The molecule has 0 radical (unpaired) electrons. The van der Waals surface area contributed by atoms with Gasteiger partial charge < -0.3 is 4.74 Å². The molecule has 10 heteroatoms. The quantitative estimate of drug-likeness (QED) is 0.591. The monoisotopic (exact) mass is 398 g/mol. The molecule has 5 nitrogen and oxygen atoms in total. The molecule has 0 saturated carbocycles. The van der Waals surface area contributed by atoms with E-state index in [9.17, 15) is 26.0 Å². The number of halogens is 4. The van der Waals surface area contributed by atoms with Crippen molar-refractivity contribution in [1.82, 2.24) is 9.62 Å². The fourth-order valence-electron chi connectivity index (χ4n) is 2.95. The molecule has 26 heavy (non-hydrogen) atoms. The first kappa shape index (κ1) is 21.1. The van der Waals surface area contributed by atoms with E-state index < -0.39 is 32.5 Å². The average molecular weight is 398 g/mol. The number of morpholine rings is 1. The van der Waals surface area contributed by atoms with Crippen LogP contribution in [0.25, 0.3) is 0 Å². The lowest BCUT2D eigenvalue weighted by atomic mass is 10.2. The van der Waals surface area contributed by atoms with E-state index in [-0.39, 0.29) is 18.8 Å². The van der Waals surface area contributed by atoms with Crippen molar-refractivity contribution in [2.75, 3.05) is 26.2 Å². The summed E-state index contributed by atoms with van der Waals surface area (Å²) in [5.41, 5.74) is -1.60. The zero-order valence-electron chi connectivity index (χ0n) is 14.5. The average Bonchev–Trinajstić information content (AvgIpc) is 2.50. The highest BCUT2D eigenvalue weighted by atomic mass is 32.2. The molecule has 0 spiro atoms. The summed E-state index contributed by atoms with van der Waals surface area (Å²) in [6.07, 6.45) is -4.28. The van der Waals surface area contributed by atoms with Crippen LogP contribution in [0, 0.1) is 5.82 Å². The number of nitrogens with zero attached hydrogens (tertiary/aromatic N) is 1. The zero-order chi connectivity index (χ0) is 19.5. The Morgan fingerprint density at radius 2 is 1.85 bits per heavy atom. The van der Waals surface area contributed by atoms with Gasteiger partial charge in [0.05, 0.1) is 22.7 Å². The Kier molecular flexibility index (Phi) is 6.65. The summed E-state index contributed by atoms with van der Waals surface area (Å²) in [7, 11) is -4.14. The van der Waals surface area contributed by atoms with Crippen molar-refractivity contribution in [2.45, 2.75) is 43.5 Å². The van der Waals surface area contributed by atoms with Gasteiger partial charge in [-0.05, 0) is 45.0 Å². The van der Waals surface area contributed by atoms with Gasteiger partial charge in [0.2, 0.25) is 10.0 Å². The molecule has 2 rings (SSSR count). The molecular formula is C16H22F4N2O3S. The molecule has 2 atom stereocenters. The van der Waals surface area contributed by atoms with Gasteiger partial charge in [0.25, 0.3) is 0 Å². The lowest BCUT2D eigenvalue weighted by Gasteiger charge is -2.35. The first-order valence-corrected chi connectivity index (χ1v) is 9.71. The van der Waals surface area contributed by atoms with E-state index >= 15 is 0 Å². The molecule has 0 amide bonds. The minimum absolute atomic E-state index is 0.0706. The normalized spacial score (nSPS) is 22.5. The SMILES string of the molecule is CC1CN(CCCNS(=O)(=O)c2ccc(F)c(C(F)(F)F)c2)CC(C)O1. The van der Waals surface area contributed by atoms with E-state index in [1.807, 2.05) is 13.8 Å². The number of rotatable bonds is 6. The molecule has 1 fully saturated rings. The lowest BCUT2D eigenvalue weighted by Crippen LogP contribution is -2.46. The maximum absolute atomic E-state index is 13.3. The van der Waals surface area contributed by atoms with Crippen LogP contribution < -0.4 is 4.72 Å². The summed E-state index contributed by atoms with van der Waals surface area (Å²) in [6, 6.07) is 1.63. The number of hydrogen-bond donors (Lipinski definition) is 1. The van der Waals surface area contributed by atoms with E-state index in [0.29, 0.717) is 25.1 Å². The Morgan fingerprint density at radius 3 is 2.42 bits per heavy atom. The minimum Gasteiger partial charge on any atom is -0.373 e. The molecule has 148 valence electrons. The summed E-state index contributed by atoms with van der Waals surface area (Å²) < 4.78 is 83.6. The van der Waals surface area contributed by atoms with Gasteiger partial charge in [-0.15, -0.1) is 0 Å². The first-order valence-electron chi connectivity index (χ1n) is 8.23.